The zero-order chi connectivity index (χ0) is 41.9. The fourth-order valence-electron chi connectivity index (χ4n) is 10.2. The summed E-state index contributed by atoms with van der Waals surface area (Å²) >= 11 is 6.37. The molecule has 2 aromatic carbocycles. The number of rotatable bonds is 6. The molecule has 1 N–H and O–H groups in total. The van der Waals surface area contributed by atoms with Gasteiger partial charge < -0.3 is 19.6 Å². The van der Waals surface area contributed by atoms with E-state index in [9.17, 15) is 24.0 Å². The molecule has 312 valence electrons. The molecule has 6 aliphatic rings. The van der Waals surface area contributed by atoms with Gasteiger partial charge in [0.2, 0.25) is 17.5 Å². The van der Waals surface area contributed by atoms with Crippen LogP contribution in [-0.2, 0) is 9.59 Å². The smallest absolute Gasteiger partial charge is 0.274 e. The van der Waals surface area contributed by atoms with E-state index in [4.69, 9.17) is 18.2 Å². The second-order valence-electron chi connectivity index (χ2n) is 17.0. The molecule has 3 aromatic rings. The summed E-state index contributed by atoms with van der Waals surface area (Å²) in [5, 5.41) is 2.66. The SMILES string of the molecule is [C-]#[N+]c1ccc(N2CC3(CCN(c4cnc(C(=O)N5CCC(N6CCN(c7cc8c(cc7F)C(=O)N(C7CCC(=O)NC7=O)C8=O)CC6)CC5)cn4)CC3)C[C@@H]2C)cc1Cl. The van der Waals surface area contributed by atoms with Crippen molar-refractivity contribution in [1.82, 2.24) is 30.0 Å². The fraction of sp³-hybridized carbons (Fsp3) is 0.488. The predicted molar refractivity (Wildman–Crippen MR) is 221 cm³/mol. The first kappa shape index (κ1) is 39.8. The van der Waals surface area contributed by atoms with Crippen LogP contribution in [0.1, 0.15) is 83.1 Å². The third-order valence-electron chi connectivity index (χ3n) is 13.6. The Morgan fingerprint density at radius 2 is 1.62 bits per heavy atom. The van der Waals surface area contributed by atoms with E-state index in [0.29, 0.717) is 61.7 Å². The third kappa shape index (κ3) is 7.21. The highest BCUT2D eigenvalue weighted by molar-refractivity contribution is 6.33. The van der Waals surface area contributed by atoms with E-state index in [-0.39, 0.29) is 47.0 Å². The first-order valence-corrected chi connectivity index (χ1v) is 21.1. The van der Waals surface area contributed by atoms with Crippen LogP contribution in [0.2, 0.25) is 5.02 Å². The van der Waals surface area contributed by atoms with E-state index in [0.717, 1.165) is 74.2 Å². The predicted octanol–water partition coefficient (Wildman–Crippen LogP) is 4.53. The molecule has 1 spiro atoms. The van der Waals surface area contributed by atoms with E-state index < -0.39 is 35.5 Å². The van der Waals surface area contributed by atoms with Gasteiger partial charge in [-0.15, -0.1) is 0 Å². The maximum atomic E-state index is 15.5. The Bertz CT molecular complexity index is 2300. The summed E-state index contributed by atoms with van der Waals surface area (Å²) in [5.74, 6) is -2.53. The fourth-order valence-corrected chi connectivity index (χ4v) is 10.5. The minimum absolute atomic E-state index is 0.00792. The Kier molecular flexibility index (Phi) is 10.4. The Labute approximate surface area is 352 Å². The van der Waals surface area contributed by atoms with Crippen LogP contribution in [0.15, 0.2) is 42.7 Å². The van der Waals surface area contributed by atoms with Crippen LogP contribution in [0.4, 0.5) is 27.3 Å². The summed E-state index contributed by atoms with van der Waals surface area (Å²) < 4.78 is 15.5. The van der Waals surface area contributed by atoms with Crippen LogP contribution in [0.3, 0.4) is 0 Å². The molecule has 60 heavy (non-hydrogen) atoms. The van der Waals surface area contributed by atoms with Crippen molar-refractivity contribution in [2.45, 2.75) is 70.0 Å². The number of amides is 5. The molecule has 17 heteroatoms. The van der Waals surface area contributed by atoms with Crippen molar-refractivity contribution in [1.29, 1.82) is 0 Å². The number of nitrogens with one attached hydrogen (secondary N) is 1. The molecular formula is C43H46ClFN10O5. The molecule has 9 rings (SSSR count). The number of hydrogen-bond acceptors (Lipinski definition) is 11. The lowest BCUT2D eigenvalue weighted by molar-refractivity contribution is -0.136. The van der Waals surface area contributed by atoms with Gasteiger partial charge in [0, 0.05) is 88.1 Å². The van der Waals surface area contributed by atoms with Gasteiger partial charge >= 0.3 is 0 Å². The second-order valence-corrected chi connectivity index (χ2v) is 17.4. The van der Waals surface area contributed by atoms with Gasteiger partial charge in [0.15, 0.2) is 0 Å². The summed E-state index contributed by atoms with van der Waals surface area (Å²) in [6.07, 6.45) is 8.07. The lowest BCUT2D eigenvalue weighted by Gasteiger charge is -2.43. The van der Waals surface area contributed by atoms with E-state index in [2.05, 4.69) is 41.8 Å². The number of hydrogen-bond donors (Lipinski definition) is 1. The number of fused-ring (bicyclic) bond motifs is 1. The van der Waals surface area contributed by atoms with Crippen LogP contribution in [0.25, 0.3) is 4.85 Å². The second kappa shape index (κ2) is 15.7. The van der Waals surface area contributed by atoms with Crippen molar-refractivity contribution in [2.75, 3.05) is 73.6 Å². The molecule has 0 radical (unpaired) electrons. The van der Waals surface area contributed by atoms with Gasteiger partial charge in [0.25, 0.3) is 17.7 Å². The lowest BCUT2D eigenvalue weighted by atomic mass is 9.77. The molecule has 5 saturated heterocycles. The Hall–Kier alpha value is -5.66. The van der Waals surface area contributed by atoms with E-state index in [1.54, 1.807) is 18.5 Å². The van der Waals surface area contributed by atoms with Crippen LogP contribution >= 0.6 is 11.6 Å². The molecule has 15 nitrogen and oxygen atoms in total. The highest BCUT2D eigenvalue weighted by Gasteiger charge is 2.46. The van der Waals surface area contributed by atoms with E-state index in [1.165, 1.54) is 6.07 Å². The number of piperidine rings is 3. The van der Waals surface area contributed by atoms with Gasteiger partial charge in [0.1, 0.15) is 23.4 Å². The van der Waals surface area contributed by atoms with Crippen molar-refractivity contribution in [3.05, 3.63) is 81.8 Å². The number of nitrogens with zero attached hydrogens (tertiary/aromatic N) is 9. The highest BCUT2D eigenvalue weighted by atomic mass is 35.5. The Balaban J connectivity index is 0.745. The number of carbonyl (C=O) groups is 5. The normalized spacial score (nSPS) is 23.7. The number of halogens is 2. The Morgan fingerprint density at radius 3 is 2.27 bits per heavy atom. The topological polar surface area (TPSA) is 147 Å². The molecule has 0 bridgehead atoms. The van der Waals surface area contributed by atoms with Gasteiger partial charge in [-0.05, 0) is 75.1 Å². The van der Waals surface area contributed by atoms with Crippen LogP contribution in [0.5, 0.6) is 0 Å². The Morgan fingerprint density at radius 1 is 0.900 bits per heavy atom. The summed E-state index contributed by atoms with van der Waals surface area (Å²) in [5.41, 5.74) is 2.27. The molecule has 5 fully saturated rings. The average Bonchev–Trinajstić information content (AvgIpc) is 3.70. The lowest BCUT2D eigenvalue weighted by Crippen LogP contribution is -2.54. The minimum Gasteiger partial charge on any atom is -0.368 e. The van der Waals surface area contributed by atoms with Gasteiger partial charge in [-0.1, -0.05) is 17.7 Å². The number of carbonyl (C=O) groups excluding carboxylic acids is 5. The largest absolute Gasteiger partial charge is 0.368 e. The van der Waals surface area contributed by atoms with Crippen LogP contribution in [0, 0.1) is 17.8 Å². The van der Waals surface area contributed by atoms with Crippen molar-refractivity contribution in [3.8, 4) is 0 Å². The zero-order valence-corrected chi connectivity index (χ0v) is 34.2. The monoisotopic (exact) mass is 836 g/mol. The number of anilines is 3. The van der Waals surface area contributed by atoms with Crippen molar-refractivity contribution in [2.24, 2.45) is 5.41 Å². The number of piperazine rings is 1. The molecular weight excluding hydrogens is 791 g/mol. The average molecular weight is 837 g/mol. The minimum atomic E-state index is -1.11. The molecule has 1 unspecified atom stereocenters. The molecule has 2 atom stereocenters. The molecule has 0 saturated carbocycles. The van der Waals surface area contributed by atoms with Gasteiger partial charge in [0.05, 0.1) is 35.8 Å². The van der Waals surface area contributed by atoms with Gasteiger partial charge in [-0.25, -0.2) is 19.2 Å². The van der Waals surface area contributed by atoms with Gasteiger partial charge in [-0.2, -0.15) is 0 Å². The van der Waals surface area contributed by atoms with E-state index >= 15 is 4.39 Å². The summed E-state index contributed by atoms with van der Waals surface area (Å²) in [4.78, 5) is 88.4. The summed E-state index contributed by atoms with van der Waals surface area (Å²) in [7, 11) is 0. The first-order valence-electron chi connectivity index (χ1n) is 20.8. The van der Waals surface area contributed by atoms with Gasteiger partial charge in [-0.3, -0.25) is 39.1 Å². The maximum absolute atomic E-state index is 15.5. The zero-order valence-electron chi connectivity index (χ0n) is 33.4. The third-order valence-corrected chi connectivity index (χ3v) is 13.9. The first-order chi connectivity index (χ1) is 28.9. The van der Waals surface area contributed by atoms with Crippen LogP contribution in [-0.4, -0.2) is 131 Å². The molecule has 6 aliphatic heterocycles. The van der Waals surface area contributed by atoms with E-state index in [1.807, 2.05) is 21.9 Å². The standard InChI is InChI=1S/C43H46ClFN10O5/c1-26-22-43(25-54(26)28-3-4-33(46-2)31(44)19-28)9-13-52(14-10-43)37-24-47-34(23-48-37)42(60)53-11-7-27(8-12-53)50-15-17-51(18-16-50)36-21-30-29(20-32(36)45)40(58)55(41(30)59)35-5-6-38(56)49-39(35)57/h3-4,19-21,23-24,26-27,35H,5-18,22,25H2,1H3,(H,49,56,57)/t26-,35?/m0/s1. The molecule has 0 aliphatic carbocycles. The number of likely N-dealkylation sites (tertiary alicyclic amines) is 1. The highest BCUT2D eigenvalue weighted by Crippen LogP contribution is 2.46. The molecule has 5 amide bonds. The van der Waals surface area contributed by atoms with Crippen molar-refractivity contribution in [3.63, 3.8) is 0 Å². The number of imide groups is 2. The summed E-state index contributed by atoms with van der Waals surface area (Å²) in [6, 6.07) is 7.71. The van der Waals surface area contributed by atoms with Crippen molar-refractivity contribution < 1.29 is 28.4 Å². The molecule has 7 heterocycles. The van der Waals surface area contributed by atoms with Crippen LogP contribution < -0.4 is 20.0 Å². The van der Waals surface area contributed by atoms with Crippen molar-refractivity contribution >= 4 is 64.0 Å². The molecule has 1 aromatic heterocycles. The quantitative estimate of drug-likeness (QED) is 0.276. The maximum Gasteiger partial charge on any atom is 0.274 e. The summed E-state index contributed by atoms with van der Waals surface area (Å²) in [6.45, 7) is 15.8. The number of aromatic nitrogens is 2. The number of benzene rings is 2.